The Morgan fingerprint density at radius 1 is 1.09 bits per heavy atom. The second-order valence-corrected chi connectivity index (χ2v) is 8.90. The molecule has 0 radical (unpaired) electrons. The Morgan fingerprint density at radius 2 is 1.77 bits per heavy atom. The van der Waals surface area contributed by atoms with Crippen LogP contribution < -0.4 is 5.56 Å². The zero-order valence-corrected chi connectivity index (χ0v) is 19.6. The molecule has 1 fully saturated rings. The minimum absolute atomic E-state index is 0.120. The predicted octanol–water partition coefficient (Wildman–Crippen LogP) is 4.48. The number of piperidine rings is 1. The number of aromatic nitrogens is 3. The Labute approximate surface area is 203 Å². The van der Waals surface area contributed by atoms with Crippen molar-refractivity contribution < 1.29 is 4.39 Å². The van der Waals surface area contributed by atoms with Crippen LogP contribution in [0, 0.1) is 24.1 Å². The highest BCUT2D eigenvalue weighted by atomic mass is 19.1. The fourth-order valence-corrected chi connectivity index (χ4v) is 4.92. The second kappa shape index (κ2) is 9.69. The molecule has 4 aromatic rings. The van der Waals surface area contributed by atoms with E-state index in [1.165, 1.54) is 34.0 Å². The van der Waals surface area contributed by atoms with Gasteiger partial charge in [0.15, 0.2) is 11.3 Å². The molecule has 0 spiro atoms. The molecule has 2 aromatic heterocycles. The van der Waals surface area contributed by atoms with Crippen LogP contribution in [-0.2, 0) is 6.42 Å². The predicted molar refractivity (Wildman–Crippen MR) is 134 cm³/mol. The van der Waals surface area contributed by atoms with Gasteiger partial charge in [0.25, 0.3) is 5.56 Å². The molecule has 0 atom stereocenters. The van der Waals surface area contributed by atoms with E-state index in [0.717, 1.165) is 54.9 Å². The number of nitriles is 1. The third kappa shape index (κ3) is 4.53. The fourth-order valence-electron chi connectivity index (χ4n) is 4.92. The summed E-state index contributed by atoms with van der Waals surface area (Å²) in [5, 5.41) is 9.19. The highest BCUT2D eigenvalue weighted by Crippen LogP contribution is 2.32. The van der Waals surface area contributed by atoms with E-state index in [1.807, 2.05) is 43.3 Å². The average Bonchev–Trinajstić information content (AvgIpc) is 3.30. The maximum Gasteiger partial charge on any atom is 0.262 e. The molecular weight excluding hydrogens is 441 g/mol. The SMILES string of the molecule is Cc1[nH]c2c(C#N)ncn2c(=O)c1CCN1CCC(=C(c2ccccc2)c2ccc(F)cc2)CC1. The number of H-pyrrole nitrogens is 1. The molecule has 0 bridgehead atoms. The van der Waals surface area contributed by atoms with Gasteiger partial charge in [-0.05, 0) is 55.0 Å². The maximum absolute atomic E-state index is 13.6. The Balaban J connectivity index is 1.34. The number of nitrogens with zero attached hydrogens (tertiary/aromatic N) is 4. The third-order valence-electron chi connectivity index (χ3n) is 6.80. The van der Waals surface area contributed by atoms with Crippen molar-refractivity contribution in [3.8, 4) is 6.07 Å². The van der Waals surface area contributed by atoms with Gasteiger partial charge in [0.1, 0.15) is 18.2 Å². The number of rotatable bonds is 5. The molecule has 35 heavy (non-hydrogen) atoms. The van der Waals surface area contributed by atoms with Crippen LogP contribution in [0.3, 0.4) is 0 Å². The lowest BCUT2D eigenvalue weighted by molar-refractivity contribution is 0.259. The van der Waals surface area contributed by atoms with Gasteiger partial charge >= 0.3 is 0 Å². The van der Waals surface area contributed by atoms with Gasteiger partial charge in [-0.25, -0.2) is 13.8 Å². The van der Waals surface area contributed by atoms with Crippen LogP contribution in [0.25, 0.3) is 11.2 Å². The molecule has 1 N–H and O–H groups in total. The van der Waals surface area contributed by atoms with Crippen LogP contribution in [0.5, 0.6) is 0 Å². The van der Waals surface area contributed by atoms with E-state index in [1.54, 1.807) is 0 Å². The van der Waals surface area contributed by atoms with Gasteiger partial charge < -0.3 is 9.88 Å². The molecule has 1 aliphatic heterocycles. The van der Waals surface area contributed by atoms with Gasteiger partial charge in [-0.15, -0.1) is 0 Å². The van der Waals surface area contributed by atoms with E-state index >= 15 is 0 Å². The van der Waals surface area contributed by atoms with Crippen molar-refractivity contribution in [1.82, 2.24) is 19.3 Å². The maximum atomic E-state index is 13.6. The van der Waals surface area contributed by atoms with Crippen LogP contribution in [0.4, 0.5) is 4.39 Å². The van der Waals surface area contributed by atoms with Crippen molar-refractivity contribution in [2.24, 2.45) is 0 Å². The number of hydrogen-bond acceptors (Lipinski definition) is 4. The van der Waals surface area contributed by atoms with Gasteiger partial charge in [0.05, 0.1) is 0 Å². The lowest BCUT2D eigenvalue weighted by Gasteiger charge is -2.30. The number of benzene rings is 2. The van der Waals surface area contributed by atoms with Crippen molar-refractivity contribution in [2.75, 3.05) is 19.6 Å². The van der Waals surface area contributed by atoms with E-state index in [9.17, 15) is 14.4 Å². The summed E-state index contributed by atoms with van der Waals surface area (Å²) in [5.41, 5.74) is 6.79. The summed E-state index contributed by atoms with van der Waals surface area (Å²) >= 11 is 0. The topological polar surface area (TPSA) is 77.2 Å². The Kier molecular flexibility index (Phi) is 6.30. The van der Waals surface area contributed by atoms with E-state index < -0.39 is 0 Å². The lowest BCUT2D eigenvalue weighted by atomic mass is 9.88. The summed E-state index contributed by atoms with van der Waals surface area (Å²) in [4.78, 5) is 22.5. The fraction of sp³-hybridized carbons (Fsp3) is 0.250. The summed E-state index contributed by atoms with van der Waals surface area (Å²) in [6.07, 6.45) is 3.87. The van der Waals surface area contributed by atoms with Crippen molar-refractivity contribution in [1.29, 1.82) is 5.26 Å². The molecule has 3 heterocycles. The first kappa shape index (κ1) is 22.8. The zero-order chi connectivity index (χ0) is 24.4. The highest BCUT2D eigenvalue weighted by Gasteiger charge is 2.20. The van der Waals surface area contributed by atoms with E-state index in [0.29, 0.717) is 12.1 Å². The summed E-state index contributed by atoms with van der Waals surface area (Å²) < 4.78 is 15.0. The molecule has 0 unspecified atom stereocenters. The number of aryl methyl sites for hydroxylation is 1. The first-order valence-corrected chi connectivity index (χ1v) is 11.8. The van der Waals surface area contributed by atoms with Crippen molar-refractivity contribution in [3.63, 3.8) is 0 Å². The van der Waals surface area contributed by atoms with Crippen LogP contribution in [0.1, 0.15) is 40.9 Å². The van der Waals surface area contributed by atoms with Gasteiger partial charge in [-0.1, -0.05) is 48.0 Å². The summed E-state index contributed by atoms with van der Waals surface area (Å²) in [6, 6.07) is 19.1. The Morgan fingerprint density at radius 3 is 2.46 bits per heavy atom. The van der Waals surface area contributed by atoms with E-state index in [2.05, 4.69) is 27.0 Å². The molecule has 7 heteroatoms. The molecular formula is C28H26FN5O. The van der Waals surface area contributed by atoms with E-state index in [-0.39, 0.29) is 17.1 Å². The van der Waals surface area contributed by atoms with Gasteiger partial charge in [0, 0.05) is 30.9 Å². The first-order chi connectivity index (χ1) is 17.0. The van der Waals surface area contributed by atoms with E-state index in [4.69, 9.17) is 0 Å². The van der Waals surface area contributed by atoms with Crippen LogP contribution in [0.2, 0.25) is 0 Å². The Hall–Kier alpha value is -4.02. The van der Waals surface area contributed by atoms with Gasteiger partial charge in [-0.2, -0.15) is 5.26 Å². The molecule has 0 amide bonds. The smallest absolute Gasteiger partial charge is 0.262 e. The molecule has 5 rings (SSSR count). The third-order valence-corrected chi connectivity index (χ3v) is 6.80. The van der Waals surface area contributed by atoms with Crippen LogP contribution in [0.15, 0.2) is 71.3 Å². The Bertz CT molecular complexity index is 1480. The number of hydrogen-bond donors (Lipinski definition) is 1. The van der Waals surface area contributed by atoms with Crippen LogP contribution in [-0.4, -0.2) is 38.9 Å². The van der Waals surface area contributed by atoms with Gasteiger partial charge in [-0.3, -0.25) is 4.79 Å². The van der Waals surface area contributed by atoms with Crippen LogP contribution >= 0.6 is 0 Å². The monoisotopic (exact) mass is 467 g/mol. The number of fused-ring (bicyclic) bond motifs is 1. The summed E-state index contributed by atoms with van der Waals surface area (Å²) in [7, 11) is 0. The second-order valence-electron chi connectivity index (χ2n) is 8.90. The quantitative estimate of drug-likeness (QED) is 0.469. The number of aromatic amines is 1. The minimum atomic E-state index is -0.232. The molecule has 0 saturated carbocycles. The molecule has 0 aliphatic carbocycles. The van der Waals surface area contributed by atoms with Crippen molar-refractivity contribution >= 4 is 11.2 Å². The highest BCUT2D eigenvalue weighted by molar-refractivity contribution is 5.82. The molecule has 176 valence electrons. The lowest BCUT2D eigenvalue weighted by Crippen LogP contribution is -2.34. The standard InChI is InChI=1S/C28H26FN5O/c1-19-24(28(35)34-18-31-25(17-30)27(34)32-19)13-16-33-14-11-22(12-15-33)26(20-5-3-2-4-6-20)21-7-9-23(29)10-8-21/h2-10,18,32H,11-16H2,1H3. The molecule has 1 aliphatic rings. The zero-order valence-electron chi connectivity index (χ0n) is 19.6. The number of likely N-dealkylation sites (tertiary alicyclic amines) is 1. The summed E-state index contributed by atoms with van der Waals surface area (Å²) in [6.45, 7) is 4.45. The largest absolute Gasteiger partial charge is 0.342 e. The first-order valence-electron chi connectivity index (χ1n) is 11.8. The number of nitrogens with one attached hydrogen (secondary N) is 1. The molecule has 6 nitrogen and oxygen atoms in total. The summed E-state index contributed by atoms with van der Waals surface area (Å²) in [5.74, 6) is -0.232. The molecule has 2 aromatic carbocycles. The van der Waals surface area contributed by atoms with Crippen molar-refractivity contribution in [3.05, 3.63) is 111 Å². The van der Waals surface area contributed by atoms with Crippen molar-refractivity contribution in [2.45, 2.75) is 26.2 Å². The minimum Gasteiger partial charge on any atom is -0.342 e. The normalized spacial score (nSPS) is 14.3. The average molecular weight is 468 g/mol. The number of halogens is 1. The van der Waals surface area contributed by atoms with Gasteiger partial charge in [0.2, 0.25) is 0 Å². The molecule has 1 saturated heterocycles. The number of imidazole rings is 1.